The maximum Gasteiger partial charge on any atom is 0.253 e. The van der Waals surface area contributed by atoms with Crippen molar-refractivity contribution in [2.24, 2.45) is 4.99 Å². The normalized spacial score (nSPS) is 13.9. The lowest BCUT2D eigenvalue weighted by Crippen LogP contribution is -2.21. The maximum atomic E-state index is 12.4. The standard InChI is InChI=1S/C28H28N6O3.C27H30N6O5S.C27H26N6O4.C27H29N5O4/c1-29-26(35)18-8-10-22(23(14-18)36-2)32-28-33-25-24(27(34-28)37-19-5-3-4-6-19)20(15-31-25)16-7-9-21-17(13-16)11-12-30-21;1-28-25(34)17-10-13-21(22(14-17)37-2)30-27-31-24-23(26(32-27)38-19-6-4-5-7-19)20(15-29-24)16-8-11-18(12-9-16)33-39(3,35)36;1-29-25(35)16-7-9-20(22(12-16)36-2)31-27-32-24-23(26(33-27)37-18-5-3-4-6-18)19(14-30-24)15-8-10-21(34)17(11-15)13-28;1-32(2)26(34)17-10-13-21(22(14-17)35-3)29-27-30-24-23(25(31-27)36-19-6-4-5-7-19)20(15-28-24)16-8-11-18(33)12-9-16/h7-10,12-15,19H,3-6,11H2,1-2H3,(H,29,35)(H2,31,32,33,34);8-15,19,33H,4-7H2,1-3H3,(H,28,34)(H2,29,30,31,32);7-12,14,18,34H,3-6H2,1-2H3,(H,29,35)(H2,30,31,32,33);8-15,19,33H,4-7H2,1-3H3,(H2,28,29,30,31). The molecule has 16 aromatic rings. The maximum absolute atomic E-state index is 12.4. The second kappa shape index (κ2) is 45.3. The Morgan fingerprint density at radius 1 is 0.403 bits per heavy atom. The average molecular weight is 2030 g/mol. The number of hydrogen-bond acceptors (Lipinski definition) is 30. The van der Waals surface area contributed by atoms with Crippen molar-refractivity contribution in [3.63, 3.8) is 0 Å². The molecule has 0 atom stereocenters. The van der Waals surface area contributed by atoms with E-state index in [4.69, 9.17) is 67.8 Å². The number of aliphatic imine (C=N–C) groups is 1. The van der Waals surface area contributed by atoms with E-state index in [1.165, 1.54) is 30.7 Å². The van der Waals surface area contributed by atoms with Crippen molar-refractivity contribution in [2.45, 2.75) is 134 Å². The number of aromatic amines is 4. The Kier molecular flexibility index (Phi) is 30.8. The van der Waals surface area contributed by atoms with Gasteiger partial charge in [-0.2, -0.15) is 45.1 Å². The molecule has 4 saturated carbocycles. The molecule has 0 radical (unpaired) electrons. The lowest BCUT2D eigenvalue weighted by molar-refractivity contribution is 0.0826. The van der Waals surface area contributed by atoms with Crippen LogP contribution in [0.4, 0.5) is 57.9 Å². The van der Waals surface area contributed by atoms with E-state index in [0.717, 1.165) is 182 Å². The van der Waals surface area contributed by atoms with Crippen molar-refractivity contribution in [3.05, 3.63) is 216 Å². The number of H-pyrrole nitrogens is 4. The van der Waals surface area contributed by atoms with Gasteiger partial charge in [-0.3, -0.25) is 28.9 Å². The molecule has 0 unspecified atom stereocenters. The number of sulfonamides is 1. The van der Waals surface area contributed by atoms with Crippen LogP contribution < -0.4 is 79.8 Å². The summed E-state index contributed by atoms with van der Waals surface area (Å²) in [5.41, 5.74) is 16.8. The van der Waals surface area contributed by atoms with Gasteiger partial charge in [-0.25, -0.2) is 8.42 Å². The number of carbonyl (C=O) groups is 4. The van der Waals surface area contributed by atoms with Gasteiger partial charge in [0.1, 0.15) is 87.6 Å². The van der Waals surface area contributed by atoms with Gasteiger partial charge in [0, 0.05) is 123 Å². The summed E-state index contributed by atoms with van der Waals surface area (Å²) in [6.45, 7) is 0. The molecule has 0 saturated heterocycles. The number of methoxy groups -OCH3 is 4. The number of phenols is 2. The Balaban J connectivity index is 0.000000130. The molecule has 149 heavy (non-hydrogen) atoms. The van der Waals surface area contributed by atoms with Crippen LogP contribution in [0.3, 0.4) is 0 Å². The van der Waals surface area contributed by atoms with Crippen molar-refractivity contribution in [2.75, 3.05) is 95.9 Å². The van der Waals surface area contributed by atoms with E-state index in [0.29, 0.717) is 149 Å². The number of nitriles is 1. The van der Waals surface area contributed by atoms with Gasteiger partial charge in [0.05, 0.1) is 90.2 Å². The number of phenolic OH excluding ortho intramolecular Hbond substituents is 2. The van der Waals surface area contributed by atoms with Gasteiger partial charge in [-0.15, -0.1) is 0 Å². The van der Waals surface area contributed by atoms with Crippen molar-refractivity contribution < 1.29 is 75.7 Å². The molecular formula is C109H113N23O16S. The van der Waals surface area contributed by atoms with Crippen LogP contribution in [0.15, 0.2) is 188 Å². The summed E-state index contributed by atoms with van der Waals surface area (Å²) in [4.78, 5) is 105. The molecule has 0 spiro atoms. The van der Waals surface area contributed by atoms with Gasteiger partial charge in [-0.1, -0.05) is 36.4 Å². The van der Waals surface area contributed by atoms with Crippen LogP contribution >= 0.6 is 0 Å². The zero-order valence-corrected chi connectivity index (χ0v) is 84.5. The fraction of sp³-hybridized carbons (Fsp3) is 0.284. The molecule has 8 aromatic carbocycles. The number of aromatic hydroxyl groups is 2. The number of rotatable bonds is 30. The van der Waals surface area contributed by atoms with Crippen LogP contribution in [0, 0.1) is 11.3 Å². The minimum atomic E-state index is -3.37. The van der Waals surface area contributed by atoms with Crippen molar-refractivity contribution in [1.29, 1.82) is 5.26 Å². The zero-order valence-electron chi connectivity index (χ0n) is 83.7. The number of aromatic nitrogens is 12. The quantitative estimate of drug-likeness (QED) is 0.0199. The number of anilines is 9. The molecule has 766 valence electrons. The molecule has 39 nitrogen and oxygen atoms in total. The number of nitrogens with zero attached hydrogens (tertiary/aromatic N) is 11. The van der Waals surface area contributed by atoms with E-state index in [2.05, 4.69) is 95.0 Å². The summed E-state index contributed by atoms with van der Waals surface area (Å²) in [7, 11) is 10.9. The third kappa shape index (κ3) is 23.3. The predicted octanol–water partition coefficient (Wildman–Crippen LogP) is 19.5. The van der Waals surface area contributed by atoms with E-state index in [9.17, 15) is 43.1 Å². The number of amides is 4. The Hall–Kier alpha value is -17.8. The van der Waals surface area contributed by atoms with Gasteiger partial charge >= 0.3 is 0 Å². The highest BCUT2D eigenvalue weighted by molar-refractivity contribution is 7.92. The fourth-order valence-electron chi connectivity index (χ4n) is 18.7. The van der Waals surface area contributed by atoms with Crippen molar-refractivity contribution in [1.82, 2.24) is 80.7 Å². The summed E-state index contributed by atoms with van der Waals surface area (Å²) in [5.74, 6) is 4.57. The molecule has 9 heterocycles. The highest BCUT2D eigenvalue weighted by Crippen LogP contribution is 2.46. The lowest BCUT2D eigenvalue weighted by atomic mass is 10.0. The Morgan fingerprint density at radius 3 is 1.05 bits per heavy atom. The van der Waals surface area contributed by atoms with Gasteiger partial charge in [0.25, 0.3) is 23.6 Å². The second-order valence-corrected chi connectivity index (χ2v) is 38.3. The molecule has 21 rings (SSSR count). The first-order valence-corrected chi connectivity index (χ1v) is 50.9. The van der Waals surface area contributed by atoms with Gasteiger partial charge in [-0.05, 0) is 252 Å². The van der Waals surface area contributed by atoms with E-state index < -0.39 is 10.0 Å². The molecule has 14 N–H and O–H groups in total. The van der Waals surface area contributed by atoms with Crippen molar-refractivity contribution >= 4 is 142 Å². The molecule has 4 amide bonds. The molecule has 0 bridgehead atoms. The largest absolute Gasteiger partial charge is 0.508 e. The van der Waals surface area contributed by atoms with E-state index >= 15 is 0 Å². The molecule has 8 aromatic heterocycles. The van der Waals surface area contributed by atoms with E-state index in [1.807, 2.05) is 55.1 Å². The Labute approximate surface area is 857 Å². The van der Waals surface area contributed by atoms with E-state index in [-0.39, 0.29) is 65.1 Å². The molecule has 4 fully saturated rings. The Morgan fingerprint density at radius 2 is 0.718 bits per heavy atom. The van der Waals surface area contributed by atoms with Gasteiger partial charge < -0.3 is 110 Å². The summed E-state index contributed by atoms with van der Waals surface area (Å²) in [5, 5.41) is 52.8. The first kappa shape index (κ1) is 101. The average Bonchev–Trinajstić information content (AvgIpc) is 1.64. The molecular weight excluding hydrogens is 1920 g/mol. The summed E-state index contributed by atoms with van der Waals surface area (Å²) in [6, 6.07) is 47.8. The van der Waals surface area contributed by atoms with Crippen LogP contribution in [0.5, 0.6) is 58.0 Å². The molecule has 40 heteroatoms. The second-order valence-electron chi connectivity index (χ2n) is 36.5. The topological polar surface area (TPSA) is 519 Å². The summed E-state index contributed by atoms with van der Waals surface area (Å²) in [6.07, 6.45) is 28.5. The summed E-state index contributed by atoms with van der Waals surface area (Å²) >= 11 is 0. The molecule has 1 aliphatic heterocycles. The molecule has 5 aliphatic rings. The first-order chi connectivity index (χ1) is 72.3. The van der Waals surface area contributed by atoms with Crippen LogP contribution in [-0.2, 0) is 16.4 Å². The predicted molar refractivity (Wildman–Crippen MR) is 570 cm³/mol. The van der Waals surface area contributed by atoms with E-state index in [1.54, 1.807) is 165 Å². The van der Waals surface area contributed by atoms with Gasteiger partial charge in [0.2, 0.25) is 57.3 Å². The SMILES string of the molecule is CNC(=O)c1ccc(Nc2nc(OC3CCCC3)c3c(-c4ccc(NS(C)(=O)=O)cc4)c[nH]c3n2)c(OC)c1.CNC(=O)c1ccc(Nc2nc(OC3CCCC3)c3c(-c4ccc(O)c(C#N)c4)c[nH]c3n2)c(OC)c1.CNC(=O)c1ccc(Nc2nc(OC3CCCC3)c3c(-c4ccc5c(c4)CC=N5)c[nH]c3n2)c(OC)c1.COc1cc(C(=O)N(C)C)ccc1Nc1nc(OC2CCCC2)c2c(-c3ccc(O)cc3)c[nH]c2n1. The minimum absolute atomic E-state index is 0.0459. The zero-order chi connectivity index (χ0) is 104. The van der Waals surface area contributed by atoms with Crippen molar-refractivity contribution in [3.8, 4) is 109 Å². The first-order valence-electron chi connectivity index (χ1n) is 49.0. The monoisotopic (exact) mass is 2030 g/mol. The number of hydrogen-bond donors (Lipinski definition) is 14. The minimum Gasteiger partial charge on any atom is -0.508 e. The van der Waals surface area contributed by atoms with Crippen LogP contribution in [0.1, 0.15) is 155 Å². The van der Waals surface area contributed by atoms with Crippen LogP contribution in [0.25, 0.3) is 88.6 Å². The number of ether oxygens (including phenoxy) is 8. The third-order valence-electron chi connectivity index (χ3n) is 26.3. The smallest absolute Gasteiger partial charge is 0.253 e. The van der Waals surface area contributed by atoms with Gasteiger partial charge in [0.15, 0.2) is 0 Å². The number of carbonyl (C=O) groups excluding carboxylic acids is 4. The van der Waals surface area contributed by atoms with Crippen LogP contribution in [0.2, 0.25) is 0 Å². The molecule has 4 aliphatic carbocycles. The highest BCUT2D eigenvalue weighted by atomic mass is 32.2. The van der Waals surface area contributed by atoms with Crippen LogP contribution in [-0.4, -0.2) is 208 Å². The number of benzene rings is 8. The number of fused-ring (bicyclic) bond motifs is 5. The lowest BCUT2D eigenvalue weighted by Gasteiger charge is -2.16. The summed E-state index contributed by atoms with van der Waals surface area (Å²) < 4.78 is 73.4. The fourth-order valence-corrected chi connectivity index (χ4v) is 19.3. The third-order valence-corrected chi connectivity index (χ3v) is 26.9. The number of nitrogens with one attached hydrogen (secondary N) is 12. The Bertz CT molecular complexity index is 7870. The highest BCUT2D eigenvalue weighted by Gasteiger charge is 2.31.